The summed E-state index contributed by atoms with van der Waals surface area (Å²) in [6.07, 6.45) is 2.11. The summed E-state index contributed by atoms with van der Waals surface area (Å²) in [5, 5.41) is 2.88. The minimum Gasteiger partial charge on any atom is -0.352 e. The summed E-state index contributed by atoms with van der Waals surface area (Å²) in [6.45, 7) is 8.09. The molecule has 0 radical (unpaired) electrons. The zero-order chi connectivity index (χ0) is 20.1. The van der Waals surface area contributed by atoms with Crippen molar-refractivity contribution in [3.63, 3.8) is 0 Å². The Hall–Kier alpha value is -2.15. The van der Waals surface area contributed by atoms with Gasteiger partial charge in [-0.25, -0.2) is 0 Å². The van der Waals surface area contributed by atoms with Crippen LogP contribution in [0, 0.1) is 13.8 Å². The lowest BCUT2D eigenvalue weighted by atomic mass is 10.1. The lowest BCUT2D eigenvalue weighted by molar-refractivity contribution is -0.129. The minimum absolute atomic E-state index is 0.157. The van der Waals surface area contributed by atoms with E-state index in [0.717, 1.165) is 18.7 Å². The van der Waals surface area contributed by atoms with Gasteiger partial charge in [0.1, 0.15) is 5.56 Å². The summed E-state index contributed by atoms with van der Waals surface area (Å²) in [5.41, 5.74) is 1.53. The molecule has 1 atom stereocenters. The zero-order valence-electron chi connectivity index (χ0n) is 17.2. The summed E-state index contributed by atoms with van der Waals surface area (Å²) in [4.78, 5) is 41.2. The number of aromatic nitrogens is 1. The molecule has 1 fully saturated rings. The highest BCUT2D eigenvalue weighted by Gasteiger charge is 2.30. The third kappa shape index (κ3) is 4.97. The molecule has 1 saturated heterocycles. The van der Waals surface area contributed by atoms with E-state index < -0.39 is 0 Å². The van der Waals surface area contributed by atoms with Crippen LogP contribution in [0.4, 0.5) is 0 Å². The van der Waals surface area contributed by atoms with Crippen molar-refractivity contribution in [3.8, 4) is 0 Å². The number of carbonyl (C=O) groups excluding carboxylic acids is 2. The largest absolute Gasteiger partial charge is 0.352 e. The maximum absolute atomic E-state index is 12.6. The summed E-state index contributed by atoms with van der Waals surface area (Å²) in [5.74, 6) is -0.141. The highest BCUT2D eigenvalue weighted by Crippen LogP contribution is 2.20. The van der Waals surface area contributed by atoms with Crippen LogP contribution in [-0.4, -0.2) is 66.0 Å². The van der Waals surface area contributed by atoms with Crippen molar-refractivity contribution in [2.75, 3.05) is 33.7 Å². The van der Waals surface area contributed by atoms with Crippen molar-refractivity contribution < 1.29 is 9.59 Å². The van der Waals surface area contributed by atoms with E-state index in [4.69, 9.17) is 0 Å². The van der Waals surface area contributed by atoms with Gasteiger partial charge in [0.2, 0.25) is 5.91 Å². The third-order valence-corrected chi connectivity index (χ3v) is 5.25. The first-order valence-electron chi connectivity index (χ1n) is 9.69. The quantitative estimate of drug-likeness (QED) is 0.739. The number of likely N-dealkylation sites (tertiary alicyclic amines) is 1. The Bertz CT molecular complexity index is 754. The van der Waals surface area contributed by atoms with E-state index in [1.54, 1.807) is 11.5 Å². The van der Waals surface area contributed by atoms with Gasteiger partial charge in [-0.2, -0.15) is 0 Å². The number of amides is 2. The molecule has 150 valence electrons. The van der Waals surface area contributed by atoms with Crippen LogP contribution in [0.5, 0.6) is 0 Å². The molecule has 1 unspecified atom stereocenters. The van der Waals surface area contributed by atoms with Crippen molar-refractivity contribution in [2.24, 2.45) is 0 Å². The van der Waals surface area contributed by atoms with Crippen LogP contribution in [0.1, 0.15) is 47.8 Å². The van der Waals surface area contributed by atoms with Gasteiger partial charge in [-0.1, -0.05) is 0 Å². The number of hydrogen-bond donors (Lipinski definition) is 1. The van der Waals surface area contributed by atoms with Gasteiger partial charge >= 0.3 is 0 Å². The zero-order valence-corrected chi connectivity index (χ0v) is 17.2. The lowest BCUT2D eigenvalue weighted by Gasteiger charge is -2.26. The number of carbonyl (C=O) groups is 2. The Morgan fingerprint density at radius 2 is 2.00 bits per heavy atom. The first kappa shape index (κ1) is 21.2. The van der Waals surface area contributed by atoms with Gasteiger partial charge in [-0.3, -0.25) is 14.4 Å². The molecule has 0 spiro atoms. The van der Waals surface area contributed by atoms with Crippen molar-refractivity contribution in [1.29, 1.82) is 0 Å². The molecule has 1 aromatic heterocycles. The molecule has 0 aliphatic carbocycles. The number of nitrogens with one attached hydrogen (secondary N) is 1. The van der Waals surface area contributed by atoms with Gasteiger partial charge in [0.15, 0.2) is 0 Å². The maximum atomic E-state index is 12.6. The number of likely N-dealkylation sites (N-methyl/N-ethyl adjacent to an activating group) is 1. The van der Waals surface area contributed by atoms with Gasteiger partial charge in [0.05, 0.1) is 0 Å². The number of aryl methyl sites for hydroxylation is 2. The van der Waals surface area contributed by atoms with Crippen molar-refractivity contribution in [1.82, 2.24) is 19.7 Å². The predicted molar refractivity (Wildman–Crippen MR) is 106 cm³/mol. The Kier molecular flexibility index (Phi) is 7.18. The molecular weight excluding hydrogens is 344 g/mol. The summed E-state index contributed by atoms with van der Waals surface area (Å²) >= 11 is 0. The molecule has 27 heavy (non-hydrogen) atoms. The van der Waals surface area contributed by atoms with E-state index in [2.05, 4.69) is 10.2 Å². The van der Waals surface area contributed by atoms with E-state index >= 15 is 0 Å². The molecule has 1 aliphatic heterocycles. The van der Waals surface area contributed by atoms with Crippen molar-refractivity contribution >= 4 is 11.8 Å². The van der Waals surface area contributed by atoms with Gasteiger partial charge in [0, 0.05) is 44.3 Å². The molecule has 0 aromatic carbocycles. The van der Waals surface area contributed by atoms with Crippen molar-refractivity contribution in [2.45, 2.75) is 52.6 Å². The fourth-order valence-electron chi connectivity index (χ4n) is 3.75. The summed E-state index contributed by atoms with van der Waals surface area (Å²) in [7, 11) is 3.98. The molecule has 0 saturated carbocycles. The first-order chi connectivity index (χ1) is 12.8. The molecule has 2 amide bonds. The van der Waals surface area contributed by atoms with Crippen LogP contribution >= 0.6 is 0 Å². The summed E-state index contributed by atoms with van der Waals surface area (Å²) in [6, 6.07) is 2.03. The van der Waals surface area contributed by atoms with E-state index in [0.29, 0.717) is 38.0 Å². The summed E-state index contributed by atoms with van der Waals surface area (Å²) < 4.78 is 1.61. The third-order valence-electron chi connectivity index (χ3n) is 5.25. The Labute approximate surface area is 161 Å². The van der Waals surface area contributed by atoms with Crippen LogP contribution in [0.2, 0.25) is 0 Å². The smallest absolute Gasteiger partial charge is 0.263 e. The number of pyridine rings is 1. The van der Waals surface area contributed by atoms with E-state index in [-0.39, 0.29) is 29.0 Å². The Morgan fingerprint density at radius 1 is 1.30 bits per heavy atom. The monoisotopic (exact) mass is 376 g/mol. The molecular formula is C20H32N4O3. The maximum Gasteiger partial charge on any atom is 0.263 e. The molecule has 1 N–H and O–H groups in total. The van der Waals surface area contributed by atoms with Crippen LogP contribution in [0.3, 0.4) is 0 Å². The standard InChI is InChI=1S/C20H32N4O3/c1-6-23-15(3)13-14(2)18(20(23)27)19(26)21-10-9-16-7-8-17(25)24(16)12-11-22(4)5/h13,16H,6-12H2,1-5H3,(H,21,26). The van der Waals surface area contributed by atoms with Gasteiger partial charge < -0.3 is 19.7 Å². The lowest BCUT2D eigenvalue weighted by Crippen LogP contribution is -2.40. The van der Waals surface area contributed by atoms with Gasteiger partial charge in [-0.15, -0.1) is 0 Å². The average Bonchev–Trinajstić information content (AvgIpc) is 2.93. The molecule has 2 rings (SSSR count). The Balaban J connectivity index is 1.98. The van der Waals surface area contributed by atoms with Crippen LogP contribution in [-0.2, 0) is 11.3 Å². The molecule has 7 heteroatoms. The van der Waals surface area contributed by atoms with Crippen molar-refractivity contribution in [3.05, 3.63) is 33.2 Å². The van der Waals surface area contributed by atoms with Crippen LogP contribution < -0.4 is 10.9 Å². The fourth-order valence-corrected chi connectivity index (χ4v) is 3.75. The number of rotatable bonds is 8. The minimum atomic E-state index is -0.330. The van der Waals surface area contributed by atoms with Crippen LogP contribution in [0.15, 0.2) is 10.9 Å². The molecule has 2 heterocycles. The molecule has 7 nitrogen and oxygen atoms in total. The second kappa shape index (κ2) is 9.17. The van der Waals surface area contributed by atoms with E-state index in [1.807, 2.05) is 38.9 Å². The van der Waals surface area contributed by atoms with E-state index in [1.165, 1.54) is 0 Å². The highest BCUT2D eigenvalue weighted by atomic mass is 16.2. The van der Waals surface area contributed by atoms with E-state index in [9.17, 15) is 14.4 Å². The second-order valence-electron chi connectivity index (χ2n) is 7.52. The van der Waals surface area contributed by atoms with Crippen LogP contribution in [0.25, 0.3) is 0 Å². The highest BCUT2D eigenvalue weighted by molar-refractivity contribution is 5.95. The topological polar surface area (TPSA) is 74.7 Å². The number of nitrogens with zero attached hydrogens (tertiary/aromatic N) is 3. The molecule has 1 aliphatic rings. The molecule has 0 bridgehead atoms. The normalized spacial score (nSPS) is 17.0. The molecule has 1 aromatic rings. The average molecular weight is 377 g/mol. The van der Waals surface area contributed by atoms with Gasteiger partial charge in [0.25, 0.3) is 11.5 Å². The fraction of sp³-hybridized carbons (Fsp3) is 0.650. The Morgan fingerprint density at radius 3 is 2.63 bits per heavy atom. The second-order valence-corrected chi connectivity index (χ2v) is 7.52. The SMILES string of the molecule is CCn1c(C)cc(C)c(C(=O)NCCC2CCC(=O)N2CCN(C)C)c1=O. The van der Waals surface area contributed by atoms with Gasteiger partial charge in [-0.05, 0) is 59.3 Å². The number of hydrogen-bond acceptors (Lipinski definition) is 4. The first-order valence-corrected chi connectivity index (χ1v) is 9.69. The predicted octanol–water partition coefficient (Wildman–Crippen LogP) is 1.16.